The number of imidazole rings is 1. The fourth-order valence-corrected chi connectivity index (χ4v) is 4.28. The van der Waals surface area contributed by atoms with Crippen LogP contribution in [0.15, 0.2) is 72.3 Å². The highest BCUT2D eigenvalue weighted by Gasteiger charge is 2.49. The molecule has 34 heavy (non-hydrogen) atoms. The van der Waals surface area contributed by atoms with E-state index < -0.39 is 29.3 Å². The van der Waals surface area contributed by atoms with E-state index in [1.54, 1.807) is 55.5 Å². The van der Waals surface area contributed by atoms with E-state index >= 15 is 0 Å². The molecule has 0 spiro atoms. The molecular formula is C26H20FN3O4. The third kappa shape index (κ3) is 3.31. The molecule has 0 aliphatic carbocycles. The molecule has 1 unspecified atom stereocenters. The molecule has 1 atom stereocenters. The number of carbonyl (C=O) groups excluding carboxylic acids is 2. The van der Waals surface area contributed by atoms with E-state index in [1.807, 2.05) is 0 Å². The number of Topliss-reactive ketones (excluding diaryl/α,β-unsaturated/α-hetero) is 1. The van der Waals surface area contributed by atoms with Crippen molar-refractivity contribution in [2.75, 3.05) is 12.0 Å². The number of aryl methyl sites for hydroxylation is 1. The van der Waals surface area contributed by atoms with E-state index in [-0.39, 0.29) is 17.1 Å². The van der Waals surface area contributed by atoms with Gasteiger partial charge in [0.05, 0.1) is 23.7 Å². The molecule has 0 saturated carbocycles. The Morgan fingerprint density at radius 1 is 1.09 bits per heavy atom. The normalized spacial score (nSPS) is 17.5. The number of methoxy groups -OCH3 is 1. The summed E-state index contributed by atoms with van der Waals surface area (Å²) in [6, 6.07) is 16.6. The van der Waals surface area contributed by atoms with Crippen LogP contribution in [-0.4, -0.2) is 33.9 Å². The largest absolute Gasteiger partial charge is 0.507 e. The molecule has 0 bridgehead atoms. The number of amides is 1. The van der Waals surface area contributed by atoms with Crippen molar-refractivity contribution in [3.63, 3.8) is 0 Å². The number of halogens is 1. The summed E-state index contributed by atoms with van der Waals surface area (Å²) in [6.07, 6.45) is 0. The smallest absolute Gasteiger partial charge is 0.302 e. The van der Waals surface area contributed by atoms with E-state index in [4.69, 9.17) is 4.74 Å². The average Bonchev–Trinajstić information content (AvgIpc) is 3.37. The number of hydrogen-bond donors (Lipinski definition) is 2. The van der Waals surface area contributed by atoms with Gasteiger partial charge in [0, 0.05) is 11.1 Å². The number of aromatic nitrogens is 2. The summed E-state index contributed by atoms with van der Waals surface area (Å²) >= 11 is 0. The second kappa shape index (κ2) is 8.15. The molecule has 1 aromatic heterocycles. The highest BCUT2D eigenvalue weighted by Crippen LogP contribution is 2.42. The van der Waals surface area contributed by atoms with Gasteiger partial charge in [-0.1, -0.05) is 30.3 Å². The van der Waals surface area contributed by atoms with Crippen LogP contribution >= 0.6 is 0 Å². The molecule has 1 saturated heterocycles. The fourth-order valence-electron chi connectivity index (χ4n) is 4.28. The highest BCUT2D eigenvalue weighted by molar-refractivity contribution is 6.51. The minimum absolute atomic E-state index is 0.0638. The zero-order valence-corrected chi connectivity index (χ0v) is 18.4. The molecule has 5 rings (SSSR count). The van der Waals surface area contributed by atoms with E-state index in [9.17, 15) is 19.1 Å². The summed E-state index contributed by atoms with van der Waals surface area (Å²) in [7, 11) is 1.53. The van der Waals surface area contributed by atoms with Gasteiger partial charge < -0.3 is 14.8 Å². The number of para-hydroxylation sites is 2. The molecule has 4 aromatic rings. The number of ketones is 1. The zero-order chi connectivity index (χ0) is 24.0. The predicted octanol–water partition coefficient (Wildman–Crippen LogP) is 4.65. The van der Waals surface area contributed by atoms with Gasteiger partial charge >= 0.3 is 5.91 Å². The monoisotopic (exact) mass is 457 g/mol. The fraction of sp³-hybridized carbons (Fsp3) is 0.115. The van der Waals surface area contributed by atoms with Crippen molar-refractivity contribution in [3.05, 3.63) is 94.8 Å². The molecule has 1 aliphatic rings. The van der Waals surface area contributed by atoms with Crippen molar-refractivity contribution in [3.8, 4) is 5.75 Å². The molecule has 7 nitrogen and oxygen atoms in total. The van der Waals surface area contributed by atoms with Crippen LogP contribution < -0.4 is 9.64 Å². The minimum Gasteiger partial charge on any atom is -0.507 e. The first kappa shape index (κ1) is 21.4. The van der Waals surface area contributed by atoms with Crippen molar-refractivity contribution in [2.45, 2.75) is 13.0 Å². The lowest BCUT2D eigenvalue weighted by atomic mass is 9.94. The third-order valence-electron chi connectivity index (χ3n) is 5.92. The van der Waals surface area contributed by atoms with Gasteiger partial charge in [0.1, 0.15) is 23.4 Å². The second-order valence-corrected chi connectivity index (χ2v) is 7.95. The standard InChI is InChI=1S/C26H20FN3O4/c1-14-13-15(11-12-20(14)34-2)23(31)21-22(16-7-3-4-8-17(16)27)30(25(33)24(21)32)26-28-18-9-5-6-10-19(18)29-26/h3-13,22,31H,1-2H3,(H,28,29)/b23-21+. The van der Waals surface area contributed by atoms with Crippen molar-refractivity contribution in [2.24, 2.45) is 0 Å². The van der Waals surface area contributed by atoms with E-state index in [0.29, 0.717) is 22.3 Å². The van der Waals surface area contributed by atoms with E-state index in [0.717, 1.165) is 10.5 Å². The molecule has 2 N–H and O–H groups in total. The first-order chi connectivity index (χ1) is 16.4. The number of carbonyl (C=O) groups is 2. The molecule has 3 aromatic carbocycles. The van der Waals surface area contributed by atoms with Gasteiger partial charge in [-0.25, -0.2) is 9.37 Å². The highest BCUT2D eigenvalue weighted by atomic mass is 19.1. The Kier molecular flexibility index (Phi) is 5.13. The number of aliphatic hydroxyl groups excluding tert-OH is 1. The summed E-state index contributed by atoms with van der Waals surface area (Å²) < 4.78 is 20.3. The van der Waals surface area contributed by atoms with Crippen molar-refractivity contribution >= 4 is 34.4 Å². The van der Waals surface area contributed by atoms with Gasteiger partial charge in [-0.2, -0.15) is 0 Å². The summed E-state index contributed by atoms with van der Waals surface area (Å²) in [4.78, 5) is 35.0. The number of fused-ring (bicyclic) bond motifs is 1. The molecular weight excluding hydrogens is 437 g/mol. The zero-order valence-electron chi connectivity index (χ0n) is 18.4. The minimum atomic E-state index is -1.22. The van der Waals surface area contributed by atoms with Crippen molar-refractivity contribution < 1.29 is 23.8 Å². The molecule has 1 aliphatic heterocycles. The number of hydrogen-bond acceptors (Lipinski definition) is 5. The number of anilines is 1. The summed E-state index contributed by atoms with van der Waals surface area (Å²) in [5.41, 5.74) is 2.10. The Balaban J connectivity index is 1.74. The SMILES string of the molecule is COc1ccc(/C(O)=C2\C(=O)C(=O)N(c3nc4ccccc4[nH]3)C2c2ccccc2F)cc1C. The maximum absolute atomic E-state index is 15.0. The number of aliphatic hydroxyl groups is 1. The first-order valence-electron chi connectivity index (χ1n) is 10.6. The van der Waals surface area contributed by atoms with Crippen molar-refractivity contribution in [1.29, 1.82) is 0 Å². The van der Waals surface area contributed by atoms with Crippen LogP contribution in [0.5, 0.6) is 5.75 Å². The lowest BCUT2D eigenvalue weighted by Crippen LogP contribution is -2.30. The number of benzene rings is 3. The molecule has 170 valence electrons. The van der Waals surface area contributed by atoms with Crippen LogP contribution in [-0.2, 0) is 9.59 Å². The Morgan fingerprint density at radius 3 is 2.53 bits per heavy atom. The van der Waals surface area contributed by atoms with E-state index in [2.05, 4.69) is 9.97 Å². The molecule has 1 fully saturated rings. The number of ether oxygens (including phenoxy) is 1. The number of nitrogens with zero attached hydrogens (tertiary/aromatic N) is 2. The molecule has 2 heterocycles. The molecule has 1 amide bonds. The van der Waals surface area contributed by atoms with Crippen LogP contribution in [0.25, 0.3) is 16.8 Å². The Morgan fingerprint density at radius 2 is 1.82 bits per heavy atom. The number of rotatable bonds is 4. The topological polar surface area (TPSA) is 95.5 Å². The van der Waals surface area contributed by atoms with Crippen LogP contribution in [0.4, 0.5) is 10.3 Å². The summed E-state index contributed by atoms with van der Waals surface area (Å²) in [6.45, 7) is 1.79. The van der Waals surface area contributed by atoms with Gasteiger partial charge in [-0.05, 0) is 48.9 Å². The third-order valence-corrected chi connectivity index (χ3v) is 5.92. The Labute approximate surface area is 194 Å². The van der Waals surface area contributed by atoms with Gasteiger partial charge in [-0.3, -0.25) is 14.5 Å². The molecule has 8 heteroatoms. The maximum Gasteiger partial charge on any atom is 0.302 e. The second-order valence-electron chi connectivity index (χ2n) is 7.95. The van der Waals surface area contributed by atoms with Crippen LogP contribution in [0.2, 0.25) is 0 Å². The first-order valence-corrected chi connectivity index (χ1v) is 10.6. The predicted molar refractivity (Wildman–Crippen MR) is 125 cm³/mol. The maximum atomic E-state index is 15.0. The van der Waals surface area contributed by atoms with Crippen molar-refractivity contribution in [1.82, 2.24) is 9.97 Å². The van der Waals surface area contributed by atoms with Crippen LogP contribution in [0.1, 0.15) is 22.7 Å². The van der Waals surface area contributed by atoms with Crippen LogP contribution in [0, 0.1) is 12.7 Å². The van der Waals surface area contributed by atoms with Gasteiger partial charge in [0.25, 0.3) is 5.78 Å². The average molecular weight is 457 g/mol. The van der Waals surface area contributed by atoms with E-state index in [1.165, 1.54) is 25.3 Å². The number of nitrogens with one attached hydrogen (secondary N) is 1. The van der Waals surface area contributed by atoms with Crippen LogP contribution in [0.3, 0.4) is 0 Å². The lowest BCUT2D eigenvalue weighted by Gasteiger charge is -2.23. The Bertz CT molecular complexity index is 1460. The van der Waals surface area contributed by atoms with Gasteiger partial charge in [-0.15, -0.1) is 0 Å². The van der Waals surface area contributed by atoms with Gasteiger partial charge in [0.15, 0.2) is 0 Å². The quantitative estimate of drug-likeness (QED) is 0.264. The lowest BCUT2D eigenvalue weighted by molar-refractivity contribution is -0.132. The summed E-state index contributed by atoms with van der Waals surface area (Å²) in [5, 5.41) is 11.2. The summed E-state index contributed by atoms with van der Waals surface area (Å²) in [5.74, 6) is -2.19. The number of H-pyrrole nitrogens is 1. The Hall–Kier alpha value is -4.46. The van der Waals surface area contributed by atoms with Gasteiger partial charge in [0.2, 0.25) is 5.95 Å². The molecule has 0 radical (unpaired) electrons. The number of aromatic amines is 1.